The Hall–Kier alpha value is -1.49. The molecule has 1 aliphatic rings. The molecular formula is C15H19ClN4. The van der Waals surface area contributed by atoms with E-state index in [1.807, 2.05) is 36.8 Å². The maximum Gasteiger partial charge on any atom is 0.0544 e. The molecule has 20 heavy (non-hydrogen) atoms. The number of halogens is 1. The number of hydrogen-bond donors (Lipinski definition) is 1. The summed E-state index contributed by atoms with van der Waals surface area (Å²) in [7, 11) is 0. The van der Waals surface area contributed by atoms with Gasteiger partial charge in [-0.25, -0.2) is 0 Å². The first kappa shape index (κ1) is 14.9. The molecule has 0 spiro atoms. The summed E-state index contributed by atoms with van der Waals surface area (Å²) in [6.45, 7) is 3.93. The first-order chi connectivity index (χ1) is 9.43. The molecule has 1 fully saturated rings. The SMILES string of the molecule is Cl.c1ccc(CN2CCNCC2c2cccnc2)nc1. The smallest absolute Gasteiger partial charge is 0.0544 e. The fourth-order valence-electron chi connectivity index (χ4n) is 2.54. The van der Waals surface area contributed by atoms with Crippen molar-refractivity contribution in [1.82, 2.24) is 20.2 Å². The zero-order valence-electron chi connectivity index (χ0n) is 11.3. The Morgan fingerprint density at radius 1 is 1.20 bits per heavy atom. The van der Waals surface area contributed by atoms with Crippen LogP contribution in [-0.2, 0) is 6.54 Å². The van der Waals surface area contributed by atoms with Gasteiger partial charge in [-0.05, 0) is 23.8 Å². The summed E-state index contributed by atoms with van der Waals surface area (Å²) in [5.74, 6) is 0. The van der Waals surface area contributed by atoms with Crippen LogP contribution in [0.2, 0.25) is 0 Å². The second kappa shape index (κ2) is 7.33. The standard InChI is InChI=1S/C15H18N4.ClH/c1-2-7-18-14(5-1)12-19-9-8-17-11-15(19)13-4-3-6-16-10-13;/h1-7,10,15,17H,8-9,11-12H2;1H. The van der Waals surface area contributed by atoms with Crippen LogP contribution >= 0.6 is 12.4 Å². The van der Waals surface area contributed by atoms with E-state index in [4.69, 9.17) is 0 Å². The van der Waals surface area contributed by atoms with E-state index in [2.05, 4.69) is 32.3 Å². The molecule has 3 rings (SSSR count). The minimum Gasteiger partial charge on any atom is -0.314 e. The zero-order valence-corrected chi connectivity index (χ0v) is 12.1. The Balaban J connectivity index is 0.00000147. The van der Waals surface area contributed by atoms with Crippen LogP contribution < -0.4 is 5.32 Å². The Morgan fingerprint density at radius 2 is 2.15 bits per heavy atom. The fraction of sp³-hybridized carbons (Fsp3) is 0.333. The van der Waals surface area contributed by atoms with Gasteiger partial charge in [0.05, 0.1) is 5.69 Å². The molecule has 0 saturated carbocycles. The number of nitrogens with one attached hydrogen (secondary N) is 1. The van der Waals surface area contributed by atoms with Gasteiger partial charge in [-0.2, -0.15) is 0 Å². The van der Waals surface area contributed by atoms with Gasteiger partial charge >= 0.3 is 0 Å². The molecule has 0 amide bonds. The summed E-state index contributed by atoms with van der Waals surface area (Å²) >= 11 is 0. The van der Waals surface area contributed by atoms with Crippen LogP contribution in [0, 0.1) is 0 Å². The van der Waals surface area contributed by atoms with Crippen molar-refractivity contribution < 1.29 is 0 Å². The number of hydrogen-bond acceptors (Lipinski definition) is 4. The van der Waals surface area contributed by atoms with Crippen molar-refractivity contribution in [3.05, 3.63) is 60.2 Å². The van der Waals surface area contributed by atoms with Gasteiger partial charge in [0.1, 0.15) is 0 Å². The summed E-state index contributed by atoms with van der Waals surface area (Å²) in [5.41, 5.74) is 2.39. The highest BCUT2D eigenvalue weighted by molar-refractivity contribution is 5.85. The molecule has 106 valence electrons. The van der Waals surface area contributed by atoms with Crippen LogP contribution in [0.15, 0.2) is 48.9 Å². The third-order valence-corrected chi connectivity index (χ3v) is 3.51. The van der Waals surface area contributed by atoms with Crippen molar-refractivity contribution in [2.24, 2.45) is 0 Å². The predicted octanol–water partition coefficient (Wildman–Crippen LogP) is 2.04. The van der Waals surface area contributed by atoms with E-state index in [1.165, 1.54) is 5.56 Å². The maximum atomic E-state index is 4.42. The lowest BCUT2D eigenvalue weighted by atomic mass is 10.1. The Bertz CT molecular complexity index is 506. The molecule has 1 atom stereocenters. The first-order valence-electron chi connectivity index (χ1n) is 6.68. The molecule has 0 aliphatic carbocycles. The minimum atomic E-state index is 0. The molecule has 1 unspecified atom stereocenters. The topological polar surface area (TPSA) is 41.0 Å². The number of nitrogens with zero attached hydrogens (tertiary/aromatic N) is 3. The molecule has 0 aromatic carbocycles. The van der Waals surface area contributed by atoms with Crippen molar-refractivity contribution in [1.29, 1.82) is 0 Å². The summed E-state index contributed by atoms with van der Waals surface area (Å²) in [4.78, 5) is 11.1. The summed E-state index contributed by atoms with van der Waals surface area (Å²) in [6, 6.07) is 10.6. The highest BCUT2D eigenvalue weighted by Crippen LogP contribution is 2.22. The maximum absolute atomic E-state index is 4.42. The number of piperazine rings is 1. The van der Waals surface area contributed by atoms with Gasteiger partial charge in [-0.15, -0.1) is 12.4 Å². The highest BCUT2D eigenvalue weighted by Gasteiger charge is 2.23. The lowest BCUT2D eigenvalue weighted by Gasteiger charge is -2.36. The van der Waals surface area contributed by atoms with E-state index in [0.29, 0.717) is 6.04 Å². The lowest BCUT2D eigenvalue weighted by Crippen LogP contribution is -2.45. The quantitative estimate of drug-likeness (QED) is 0.939. The Labute approximate surface area is 125 Å². The Kier molecular flexibility index (Phi) is 5.47. The molecule has 0 radical (unpaired) electrons. The third-order valence-electron chi connectivity index (χ3n) is 3.51. The van der Waals surface area contributed by atoms with E-state index in [-0.39, 0.29) is 12.4 Å². The molecule has 5 heteroatoms. The second-order valence-corrected chi connectivity index (χ2v) is 4.80. The van der Waals surface area contributed by atoms with Crippen molar-refractivity contribution in [2.75, 3.05) is 19.6 Å². The van der Waals surface area contributed by atoms with Crippen LogP contribution in [0.4, 0.5) is 0 Å². The number of pyridine rings is 2. The number of rotatable bonds is 3. The van der Waals surface area contributed by atoms with Crippen LogP contribution in [0.3, 0.4) is 0 Å². The van der Waals surface area contributed by atoms with Crippen molar-refractivity contribution >= 4 is 12.4 Å². The minimum absolute atomic E-state index is 0. The average Bonchev–Trinajstić information content (AvgIpc) is 2.50. The van der Waals surface area contributed by atoms with Gasteiger partial charge in [0, 0.05) is 50.8 Å². The van der Waals surface area contributed by atoms with Crippen LogP contribution in [0.25, 0.3) is 0 Å². The predicted molar refractivity (Wildman–Crippen MR) is 81.7 cm³/mol. The molecular weight excluding hydrogens is 272 g/mol. The van der Waals surface area contributed by atoms with Crippen molar-refractivity contribution in [3.8, 4) is 0 Å². The highest BCUT2D eigenvalue weighted by atomic mass is 35.5. The third kappa shape index (κ3) is 3.54. The molecule has 1 saturated heterocycles. The lowest BCUT2D eigenvalue weighted by molar-refractivity contribution is 0.151. The van der Waals surface area contributed by atoms with Gasteiger partial charge in [-0.1, -0.05) is 12.1 Å². The second-order valence-electron chi connectivity index (χ2n) is 4.80. The molecule has 0 bridgehead atoms. The Morgan fingerprint density at radius 3 is 2.90 bits per heavy atom. The van der Waals surface area contributed by atoms with Gasteiger partial charge in [0.2, 0.25) is 0 Å². The molecule has 2 aromatic rings. The molecule has 4 nitrogen and oxygen atoms in total. The van der Waals surface area contributed by atoms with Crippen molar-refractivity contribution in [2.45, 2.75) is 12.6 Å². The monoisotopic (exact) mass is 290 g/mol. The summed E-state index contributed by atoms with van der Waals surface area (Å²) < 4.78 is 0. The summed E-state index contributed by atoms with van der Waals surface area (Å²) in [5, 5.41) is 3.46. The van der Waals surface area contributed by atoms with E-state index < -0.39 is 0 Å². The van der Waals surface area contributed by atoms with Gasteiger partial charge in [-0.3, -0.25) is 14.9 Å². The van der Waals surface area contributed by atoms with E-state index >= 15 is 0 Å². The molecule has 1 aliphatic heterocycles. The molecule has 1 N–H and O–H groups in total. The van der Waals surface area contributed by atoms with Crippen LogP contribution in [0.1, 0.15) is 17.3 Å². The van der Waals surface area contributed by atoms with Crippen molar-refractivity contribution in [3.63, 3.8) is 0 Å². The van der Waals surface area contributed by atoms with Gasteiger partial charge < -0.3 is 5.32 Å². The van der Waals surface area contributed by atoms with E-state index in [9.17, 15) is 0 Å². The van der Waals surface area contributed by atoms with E-state index in [1.54, 1.807) is 0 Å². The summed E-state index contributed by atoms with van der Waals surface area (Å²) in [6.07, 6.45) is 5.64. The van der Waals surface area contributed by atoms with Gasteiger partial charge in [0.25, 0.3) is 0 Å². The van der Waals surface area contributed by atoms with E-state index in [0.717, 1.165) is 31.9 Å². The van der Waals surface area contributed by atoms with Crippen LogP contribution in [-0.4, -0.2) is 34.5 Å². The van der Waals surface area contributed by atoms with Gasteiger partial charge in [0.15, 0.2) is 0 Å². The average molecular weight is 291 g/mol. The first-order valence-corrected chi connectivity index (χ1v) is 6.68. The zero-order chi connectivity index (χ0) is 12.9. The normalized spacial score (nSPS) is 19.3. The number of aromatic nitrogens is 2. The molecule has 2 aromatic heterocycles. The fourth-order valence-corrected chi connectivity index (χ4v) is 2.54. The largest absolute Gasteiger partial charge is 0.314 e. The van der Waals surface area contributed by atoms with Crippen LogP contribution in [0.5, 0.6) is 0 Å². The molecule has 3 heterocycles.